The zero-order valence-electron chi connectivity index (χ0n) is 10.9. The van der Waals surface area contributed by atoms with Crippen LogP contribution in [0.15, 0.2) is 24.4 Å². The molecule has 1 N–H and O–H groups in total. The van der Waals surface area contributed by atoms with E-state index in [2.05, 4.69) is 16.5 Å². The zero-order valence-corrected chi connectivity index (χ0v) is 11.7. The topological polar surface area (TPSA) is 53.6 Å². The molecule has 98 valence electrons. The van der Waals surface area contributed by atoms with Gasteiger partial charge in [0.25, 0.3) is 0 Å². The quantitative estimate of drug-likeness (QED) is 0.932. The molecule has 0 aliphatic carbocycles. The van der Waals surface area contributed by atoms with Gasteiger partial charge in [0.05, 0.1) is 17.8 Å². The largest absolute Gasteiger partial charge is 0.308 e. The number of benzene rings is 1. The molecule has 0 fully saturated rings. The molecule has 0 unspecified atom stereocenters. The second-order valence-electron chi connectivity index (χ2n) is 4.40. The average Bonchev–Trinajstić information content (AvgIpc) is 2.72. The van der Waals surface area contributed by atoms with Crippen LogP contribution in [0.1, 0.15) is 22.4 Å². The predicted octanol–water partition coefficient (Wildman–Crippen LogP) is 2.54. The molecule has 0 saturated heterocycles. The average molecular weight is 275 g/mol. The third-order valence-electron chi connectivity index (χ3n) is 3.15. The van der Waals surface area contributed by atoms with Crippen molar-refractivity contribution in [2.75, 3.05) is 0 Å². The van der Waals surface area contributed by atoms with Gasteiger partial charge in [0.2, 0.25) is 0 Å². The van der Waals surface area contributed by atoms with Crippen LogP contribution in [0.5, 0.6) is 0 Å². The van der Waals surface area contributed by atoms with Gasteiger partial charge in [-0.3, -0.25) is 4.68 Å². The highest BCUT2D eigenvalue weighted by atomic mass is 35.5. The first-order valence-electron chi connectivity index (χ1n) is 5.98. The summed E-state index contributed by atoms with van der Waals surface area (Å²) in [5, 5.41) is 16.9. The maximum absolute atomic E-state index is 8.78. The van der Waals surface area contributed by atoms with Gasteiger partial charge in [-0.05, 0) is 24.6 Å². The zero-order chi connectivity index (χ0) is 13.8. The van der Waals surface area contributed by atoms with E-state index in [9.17, 15) is 0 Å². The minimum absolute atomic E-state index is 0.580. The molecule has 0 radical (unpaired) electrons. The number of hydrogen-bond donors (Lipinski definition) is 1. The fourth-order valence-electron chi connectivity index (χ4n) is 1.81. The highest BCUT2D eigenvalue weighted by Crippen LogP contribution is 2.17. The van der Waals surface area contributed by atoms with Gasteiger partial charge in [0.15, 0.2) is 0 Å². The number of rotatable bonds is 4. The number of nitrogens with one attached hydrogen (secondary N) is 1. The summed E-state index contributed by atoms with van der Waals surface area (Å²) >= 11 is 6.12. The molecule has 1 aromatic carbocycles. The Morgan fingerprint density at radius 3 is 2.68 bits per heavy atom. The van der Waals surface area contributed by atoms with Crippen molar-refractivity contribution in [1.29, 1.82) is 5.26 Å². The summed E-state index contributed by atoms with van der Waals surface area (Å²) in [6.07, 6.45) is 1.86. The van der Waals surface area contributed by atoms with Crippen molar-refractivity contribution in [3.63, 3.8) is 0 Å². The van der Waals surface area contributed by atoms with Crippen molar-refractivity contribution in [2.45, 2.75) is 20.0 Å². The first-order chi connectivity index (χ1) is 9.11. The van der Waals surface area contributed by atoms with Crippen molar-refractivity contribution in [2.24, 2.45) is 7.05 Å². The SMILES string of the molecule is Cc1c(CNCc2ccc(C#N)cc2Cl)cnn1C. The summed E-state index contributed by atoms with van der Waals surface area (Å²) in [4.78, 5) is 0. The molecule has 0 atom stereocenters. The lowest BCUT2D eigenvalue weighted by Crippen LogP contribution is -2.13. The van der Waals surface area contributed by atoms with Crippen molar-refractivity contribution < 1.29 is 0 Å². The Morgan fingerprint density at radius 1 is 1.37 bits per heavy atom. The van der Waals surface area contributed by atoms with E-state index in [1.54, 1.807) is 12.1 Å². The van der Waals surface area contributed by atoms with E-state index in [4.69, 9.17) is 16.9 Å². The number of halogens is 1. The summed E-state index contributed by atoms with van der Waals surface area (Å²) in [6, 6.07) is 7.41. The van der Waals surface area contributed by atoms with Gasteiger partial charge in [-0.2, -0.15) is 10.4 Å². The summed E-state index contributed by atoms with van der Waals surface area (Å²) in [6.45, 7) is 3.45. The molecule has 0 amide bonds. The maximum Gasteiger partial charge on any atom is 0.0992 e. The van der Waals surface area contributed by atoms with Crippen molar-refractivity contribution in [3.8, 4) is 6.07 Å². The summed E-state index contributed by atoms with van der Waals surface area (Å²) in [5.74, 6) is 0. The van der Waals surface area contributed by atoms with Gasteiger partial charge >= 0.3 is 0 Å². The highest BCUT2D eigenvalue weighted by Gasteiger charge is 2.05. The number of nitrogens with zero attached hydrogens (tertiary/aromatic N) is 3. The van der Waals surface area contributed by atoms with Crippen LogP contribution in [0, 0.1) is 18.3 Å². The van der Waals surface area contributed by atoms with Gasteiger partial charge < -0.3 is 5.32 Å². The number of aromatic nitrogens is 2. The minimum atomic E-state index is 0.580. The fraction of sp³-hybridized carbons (Fsp3) is 0.286. The second kappa shape index (κ2) is 5.87. The molecule has 1 aromatic heterocycles. The van der Waals surface area contributed by atoms with Crippen LogP contribution in [-0.2, 0) is 20.1 Å². The normalized spacial score (nSPS) is 10.4. The fourth-order valence-corrected chi connectivity index (χ4v) is 2.06. The predicted molar refractivity (Wildman–Crippen MR) is 74.7 cm³/mol. The van der Waals surface area contributed by atoms with Crippen LogP contribution in [-0.4, -0.2) is 9.78 Å². The maximum atomic E-state index is 8.78. The first-order valence-corrected chi connectivity index (χ1v) is 6.36. The van der Waals surface area contributed by atoms with Gasteiger partial charge in [-0.15, -0.1) is 0 Å². The van der Waals surface area contributed by atoms with E-state index in [0.29, 0.717) is 17.1 Å². The van der Waals surface area contributed by atoms with Crippen LogP contribution in [0.25, 0.3) is 0 Å². The molecule has 5 heteroatoms. The Hall–Kier alpha value is -1.83. The lowest BCUT2D eigenvalue weighted by molar-refractivity contribution is 0.684. The Bertz CT molecular complexity index is 625. The smallest absolute Gasteiger partial charge is 0.0992 e. The number of aryl methyl sites for hydroxylation is 1. The van der Waals surface area contributed by atoms with E-state index < -0.39 is 0 Å². The molecule has 0 aliphatic heterocycles. The second-order valence-corrected chi connectivity index (χ2v) is 4.81. The van der Waals surface area contributed by atoms with Crippen LogP contribution >= 0.6 is 11.6 Å². The lowest BCUT2D eigenvalue weighted by atomic mass is 10.1. The van der Waals surface area contributed by atoms with Crippen molar-refractivity contribution >= 4 is 11.6 Å². The molecule has 0 aliphatic rings. The first kappa shape index (κ1) is 13.6. The Balaban J connectivity index is 1.96. The summed E-state index contributed by atoms with van der Waals surface area (Å²) in [5.41, 5.74) is 3.89. The monoisotopic (exact) mass is 274 g/mol. The minimum Gasteiger partial charge on any atom is -0.308 e. The van der Waals surface area contributed by atoms with Crippen LogP contribution in [0.3, 0.4) is 0 Å². The van der Waals surface area contributed by atoms with Crippen LogP contribution in [0.2, 0.25) is 5.02 Å². The summed E-state index contributed by atoms with van der Waals surface area (Å²) < 4.78 is 1.85. The molecule has 0 spiro atoms. The van der Waals surface area contributed by atoms with Gasteiger partial charge in [-0.25, -0.2) is 0 Å². The van der Waals surface area contributed by atoms with Gasteiger partial charge in [0, 0.05) is 36.4 Å². The van der Waals surface area contributed by atoms with E-state index in [0.717, 1.165) is 17.8 Å². The van der Waals surface area contributed by atoms with E-state index in [1.165, 1.54) is 5.56 Å². The number of hydrogen-bond acceptors (Lipinski definition) is 3. The van der Waals surface area contributed by atoms with Crippen LogP contribution in [0.4, 0.5) is 0 Å². The molecule has 0 saturated carbocycles. The molecular formula is C14H15ClN4. The molecule has 2 aromatic rings. The lowest BCUT2D eigenvalue weighted by Gasteiger charge is -2.07. The number of nitriles is 1. The highest BCUT2D eigenvalue weighted by molar-refractivity contribution is 6.31. The van der Waals surface area contributed by atoms with Crippen molar-refractivity contribution in [3.05, 3.63) is 51.8 Å². The third-order valence-corrected chi connectivity index (χ3v) is 3.50. The molecule has 2 rings (SSSR count). The Kier molecular flexibility index (Phi) is 4.20. The molecular weight excluding hydrogens is 260 g/mol. The molecule has 19 heavy (non-hydrogen) atoms. The van der Waals surface area contributed by atoms with E-state index in [1.807, 2.05) is 30.9 Å². The van der Waals surface area contributed by atoms with Gasteiger partial charge in [0.1, 0.15) is 0 Å². The standard InChI is InChI=1S/C14H15ClN4/c1-10-13(9-18-19(10)2)8-17-7-12-4-3-11(6-16)5-14(12)15/h3-5,9,17H,7-8H2,1-2H3. The molecule has 0 bridgehead atoms. The third kappa shape index (κ3) is 3.14. The van der Waals surface area contributed by atoms with Crippen molar-refractivity contribution in [1.82, 2.24) is 15.1 Å². The van der Waals surface area contributed by atoms with Gasteiger partial charge in [-0.1, -0.05) is 17.7 Å². The molecule has 1 heterocycles. The molecule has 4 nitrogen and oxygen atoms in total. The Morgan fingerprint density at radius 2 is 2.11 bits per heavy atom. The van der Waals surface area contributed by atoms with E-state index in [-0.39, 0.29) is 0 Å². The Labute approximate surface area is 117 Å². The van der Waals surface area contributed by atoms with Crippen LogP contribution < -0.4 is 5.32 Å². The summed E-state index contributed by atoms with van der Waals surface area (Å²) in [7, 11) is 1.93. The van der Waals surface area contributed by atoms with E-state index >= 15 is 0 Å².